The second kappa shape index (κ2) is 5.30. The largest absolute Gasteiger partial charge is 0.312 e. The molecule has 0 saturated heterocycles. The van der Waals surface area contributed by atoms with Crippen LogP contribution in [0.5, 0.6) is 0 Å². The van der Waals surface area contributed by atoms with E-state index < -0.39 is 0 Å². The van der Waals surface area contributed by atoms with Crippen molar-refractivity contribution in [1.82, 2.24) is 5.32 Å². The molecule has 1 fully saturated rings. The first-order valence-electron chi connectivity index (χ1n) is 7.36. The summed E-state index contributed by atoms with van der Waals surface area (Å²) in [6.07, 6.45) is 4.20. The van der Waals surface area contributed by atoms with Crippen LogP contribution in [0.1, 0.15) is 67.7 Å². The Balaban J connectivity index is 2.58. The molecule has 1 aliphatic carbocycles. The maximum absolute atomic E-state index is 3.70. The fourth-order valence-electron chi connectivity index (χ4n) is 3.17. The van der Waals surface area contributed by atoms with E-state index in [1.165, 1.54) is 25.8 Å². The maximum Gasteiger partial charge on any atom is 0.00966 e. The van der Waals surface area contributed by atoms with Gasteiger partial charge in [0.15, 0.2) is 0 Å². The summed E-state index contributed by atoms with van der Waals surface area (Å²) in [5, 5.41) is 3.70. The second-order valence-electron chi connectivity index (χ2n) is 8.21. The Morgan fingerprint density at radius 1 is 1.24 bits per heavy atom. The minimum Gasteiger partial charge on any atom is -0.312 e. The van der Waals surface area contributed by atoms with Crippen LogP contribution in [0.25, 0.3) is 0 Å². The SMILES string of the molecule is CC(C)C1CC(C)(C)CCC1CNC(C)(C)C. The molecule has 0 aromatic rings. The van der Waals surface area contributed by atoms with Gasteiger partial charge in [-0.2, -0.15) is 0 Å². The van der Waals surface area contributed by atoms with Gasteiger partial charge >= 0.3 is 0 Å². The third-order valence-electron chi connectivity index (χ3n) is 4.34. The molecule has 0 aromatic heterocycles. The van der Waals surface area contributed by atoms with Crippen molar-refractivity contribution in [2.75, 3.05) is 6.54 Å². The maximum atomic E-state index is 3.70. The van der Waals surface area contributed by atoms with E-state index >= 15 is 0 Å². The van der Waals surface area contributed by atoms with Crippen LogP contribution in [-0.4, -0.2) is 12.1 Å². The van der Waals surface area contributed by atoms with E-state index in [0.717, 1.165) is 17.8 Å². The van der Waals surface area contributed by atoms with E-state index in [9.17, 15) is 0 Å². The van der Waals surface area contributed by atoms with E-state index in [0.29, 0.717) is 5.41 Å². The number of hydrogen-bond acceptors (Lipinski definition) is 1. The topological polar surface area (TPSA) is 12.0 Å². The first-order valence-corrected chi connectivity index (χ1v) is 7.36. The van der Waals surface area contributed by atoms with Crippen LogP contribution in [0.2, 0.25) is 0 Å². The quantitative estimate of drug-likeness (QED) is 0.766. The molecule has 1 nitrogen and oxygen atoms in total. The van der Waals surface area contributed by atoms with E-state index in [-0.39, 0.29) is 5.54 Å². The van der Waals surface area contributed by atoms with Gasteiger partial charge in [0.05, 0.1) is 0 Å². The smallest absolute Gasteiger partial charge is 0.00966 e. The normalized spacial score (nSPS) is 29.6. The lowest BCUT2D eigenvalue weighted by Gasteiger charge is -2.43. The molecule has 0 amide bonds. The van der Waals surface area contributed by atoms with Crippen molar-refractivity contribution in [2.45, 2.75) is 73.3 Å². The Labute approximate surface area is 109 Å². The minimum atomic E-state index is 0.258. The molecule has 2 unspecified atom stereocenters. The van der Waals surface area contributed by atoms with Crippen molar-refractivity contribution in [3.8, 4) is 0 Å². The highest BCUT2D eigenvalue weighted by atomic mass is 14.9. The zero-order valence-electron chi connectivity index (χ0n) is 13.1. The van der Waals surface area contributed by atoms with Crippen LogP contribution in [0.15, 0.2) is 0 Å². The highest BCUT2D eigenvalue weighted by molar-refractivity contribution is 4.88. The first kappa shape index (κ1) is 15.0. The van der Waals surface area contributed by atoms with Crippen LogP contribution in [0.4, 0.5) is 0 Å². The molecule has 0 radical (unpaired) electrons. The van der Waals surface area contributed by atoms with Crippen molar-refractivity contribution in [2.24, 2.45) is 23.2 Å². The molecular weight excluding hydrogens is 206 g/mol. The van der Waals surface area contributed by atoms with Gasteiger partial charge < -0.3 is 5.32 Å². The summed E-state index contributed by atoms with van der Waals surface area (Å²) in [5.74, 6) is 2.59. The van der Waals surface area contributed by atoms with E-state index in [1.807, 2.05) is 0 Å². The zero-order valence-corrected chi connectivity index (χ0v) is 13.1. The van der Waals surface area contributed by atoms with Gasteiger partial charge in [-0.15, -0.1) is 0 Å². The summed E-state index contributed by atoms with van der Waals surface area (Å²) in [5.41, 5.74) is 0.821. The van der Waals surface area contributed by atoms with E-state index in [4.69, 9.17) is 0 Å². The molecular formula is C16H33N. The van der Waals surface area contributed by atoms with Crippen LogP contribution in [0, 0.1) is 23.2 Å². The lowest BCUT2D eigenvalue weighted by molar-refractivity contribution is 0.0806. The van der Waals surface area contributed by atoms with Gasteiger partial charge in [0.1, 0.15) is 0 Å². The van der Waals surface area contributed by atoms with Crippen LogP contribution in [0.3, 0.4) is 0 Å². The van der Waals surface area contributed by atoms with Crippen molar-refractivity contribution >= 4 is 0 Å². The molecule has 1 rings (SSSR count). The number of rotatable bonds is 3. The highest BCUT2D eigenvalue weighted by Gasteiger charge is 2.36. The molecule has 17 heavy (non-hydrogen) atoms. The molecule has 2 atom stereocenters. The highest BCUT2D eigenvalue weighted by Crippen LogP contribution is 2.44. The van der Waals surface area contributed by atoms with Gasteiger partial charge in [-0.25, -0.2) is 0 Å². The van der Waals surface area contributed by atoms with Gasteiger partial charge in [0.25, 0.3) is 0 Å². The minimum absolute atomic E-state index is 0.258. The first-order chi connectivity index (χ1) is 7.61. The third kappa shape index (κ3) is 4.99. The monoisotopic (exact) mass is 239 g/mol. The van der Waals surface area contributed by atoms with Crippen LogP contribution in [-0.2, 0) is 0 Å². The van der Waals surface area contributed by atoms with Crippen molar-refractivity contribution < 1.29 is 0 Å². The zero-order chi connectivity index (χ0) is 13.3. The third-order valence-corrected chi connectivity index (χ3v) is 4.34. The Morgan fingerprint density at radius 2 is 1.82 bits per heavy atom. The summed E-state index contributed by atoms with van der Waals surface area (Å²) < 4.78 is 0. The number of nitrogens with one attached hydrogen (secondary N) is 1. The molecule has 0 aliphatic heterocycles. The molecule has 0 heterocycles. The molecule has 1 aliphatic rings. The van der Waals surface area contributed by atoms with E-state index in [2.05, 4.69) is 53.8 Å². The van der Waals surface area contributed by atoms with Gasteiger partial charge in [0.2, 0.25) is 0 Å². The Kier molecular flexibility index (Phi) is 4.68. The molecule has 0 bridgehead atoms. The van der Waals surface area contributed by atoms with Crippen LogP contribution < -0.4 is 5.32 Å². The average molecular weight is 239 g/mol. The molecule has 1 saturated carbocycles. The molecule has 102 valence electrons. The van der Waals surface area contributed by atoms with Crippen LogP contribution >= 0.6 is 0 Å². The average Bonchev–Trinajstić information content (AvgIpc) is 2.13. The van der Waals surface area contributed by atoms with E-state index in [1.54, 1.807) is 0 Å². The Bertz CT molecular complexity index is 234. The van der Waals surface area contributed by atoms with Crippen molar-refractivity contribution in [3.63, 3.8) is 0 Å². The summed E-state index contributed by atoms with van der Waals surface area (Å²) in [4.78, 5) is 0. The van der Waals surface area contributed by atoms with Gasteiger partial charge in [-0.05, 0) is 69.7 Å². The number of hydrogen-bond donors (Lipinski definition) is 1. The van der Waals surface area contributed by atoms with Crippen molar-refractivity contribution in [3.05, 3.63) is 0 Å². The van der Waals surface area contributed by atoms with Crippen molar-refractivity contribution in [1.29, 1.82) is 0 Å². The fourth-order valence-corrected chi connectivity index (χ4v) is 3.17. The standard InChI is InChI=1S/C16H33N/c1-12(2)14-10-16(6,7)9-8-13(14)11-17-15(3,4)5/h12-14,17H,8-11H2,1-7H3. The summed E-state index contributed by atoms with van der Waals surface area (Å²) in [6.45, 7) is 17.7. The second-order valence-corrected chi connectivity index (χ2v) is 8.21. The fraction of sp³-hybridized carbons (Fsp3) is 1.00. The molecule has 1 N–H and O–H groups in total. The lowest BCUT2D eigenvalue weighted by Crippen LogP contribution is -2.44. The van der Waals surface area contributed by atoms with Gasteiger partial charge in [-0.1, -0.05) is 27.7 Å². The summed E-state index contributed by atoms with van der Waals surface area (Å²) in [7, 11) is 0. The van der Waals surface area contributed by atoms with Gasteiger partial charge in [0, 0.05) is 5.54 Å². The summed E-state index contributed by atoms with van der Waals surface area (Å²) >= 11 is 0. The predicted octanol–water partition coefficient (Wildman–Crippen LogP) is 4.47. The lowest BCUT2D eigenvalue weighted by atomic mass is 9.64. The Morgan fingerprint density at radius 3 is 2.29 bits per heavy atom. The molecule has 0 spiro atoms. The molecule has 1 heteroatoms. The molecule has 0 aromatic carbocycles. The Hall–Kier alpha value is -0.0400. The predicted molar refractivity (Wildman–Crippen MR) is 77.2 cm³/mol. The summed E-state index contributed by atoms with van der Waals surface area (Å²) in [6, 6.07) is 0. The van der Waals surface area contributed by atoms with Gasteiger partial charge in [-0.3, -0.25) is 0 Å².